The van der Waals surface area contributed by atoms with Crippen LogP contribution < -0.4 is 9.64 Å². The molecule has 1 atom stereocenters. The fourth-order valence-corrected chi connectivity index (χ4v) is 3.94. The number of aromatic nitrogens is 1. The molecule has 1 aliphatic rings. The molecular formula is C22H24ClN3O. The molecular weight excluding hydrogens is 358 g/mol. The van der Waals surface area contributed by atoms with Gasteiger partial charge in [-0.15, -0.1) is 0 Å². The third-order valence-corrected chi connectivity index (χ3v) is 5.51. The van der Waals surface area contributed by atoms with E-state index in [-0.39, 0.29) is 6.04 Å². The van der Waals surface area contributed by atoms with Crippen LogP contribution in [0.15, 0.2) is 60.7 Å². The second kappa shape index (κ2) is 7.67. The second-order valence-corrected chi connectivity index (χ2v) is 7.39. The lowest BCUT2D eigenvalue weighted by Crippen LogP contribution is -2.47. The molecule has 0 saturated carbocycles. The van der Waals surface area contributed by atoms with Crippen LogP contribution in [0, 0.1) is 0 Å². The Morgan fingerprint density at radius 2 is 1.89 bits per heavy atom. The molecule has 0 radical (unpaired) electrons. The lowest BCUT2D eigenvalue weighted by Gasteiger charge is -2.40. The minimum absolute atomic E-state index is 0.289. The molecule has 4 rings (SSSR count). The van der Waals surface area contributed by atoms with Crippen molar-refractivity contribution in [2.45, 2.75) is 6.04 Å². The maximum atomic E-state index is 6.15. The Morgan fingerprint density at radius 3 is 2.70 bits per heavy atom. The van der Waals surface area contributed by atoms with Gasteiger partial charge in [-0.25, -0.2) is 0 Å². The number of halogens is 1. The molecule has 1 saturated heterocycles. The number of hydrogen-bond donors (Lipinski definition) is 1. The molecule has 1 aliphatic heterocycles. The Kier molecular flexibility index (Phi) is 5.10. The lowest BCUT2D eigenvalue weighted by atomic mass is 10.1. The van der Waals surface area contributed by atoms with Crippen LogP contribution in [0.2, 0.25) is 5.02 Å². The summed E-state index contributed by atoms with van der Waals surface area (Å²) >= 11 is 6.15. The summed E-state index contributed by atoms with van der Waals surface area (Å²) in [6.45, 7) is 2.88. The average Bonchev–Trinajstić information content (AvgIpc) is 3.18. The fourth-order valence-electron chi connectivity index (χ4n) is 3.75. The van der Waals surface area contributed by atoms with Gasteiger partial charge in [-0.2, -0.15) is 0 Å². The molecule has 0 spiro atoms. The first-order chi connectivity index (χ1) is 13.2. The highest BCUT2D eigenvalue weighted by atomic mass is 35.5. The van der Waals surface area contributed by atoms with Crippen LogP contribution in [0.5, 0.6) is 5.75 Å². The summed E-state index contributed by atoms with van der Waals surface area (Å²) in [5, 5.41) is 0.751. The van der Waals surface area contributed by atoms with Crippen molar-refractivity contribution in [3.05, 3.63) is 71.4 Å². The van der Waals surface area contributed by atoms with Crippen LogP contribution in [-0.2, 0) is 0 Å². The van der Waals surface area contributed by atoms with Crippen LogP contribution >= 0.6 is 11.6 Å². The number of piperazine rings is 1. The van der Waals surface area contributed by atoms with E-state index in [4.69, 9.17) is 16.3 Å². The number of para-hydroxylation sites is 2. The van der Waals surface area contributed by atoms with Crippen molar-refractivity contribution >= 4 is 17.3 Å². The average molecular weight is 382 g/mol. The molecule has 2 heterocycles. The Hall–Kier alpha value is -2.43. The van der Waals surface area contributed by atoms with E-state index >= 15 is 0 Å². The standard InChI is InChI=1S/C22H24ClN3O/c1-25-12-13-26(20-8-3-4-9-22(20)27-2)15-21(25)19-11-10-18(24-19)16-6-5-7-17(23)14-16/h3-11,14,21,24H,12-13,15H2,1-2H3. The van der Waals surface area contributed by atoms with Crippen molar-refractivity contribution in [3.63, 3.8) is 0 Å². The minimum atomic E-state index is 0.289. The number of anilines is 1. The number of ether oxygens (including phenoxy) is 1. The van der Waals surface area contributed by atoms with E-state index in [0.29, 0.717) is 0 Å². The van der Waals surface area contributed by atoms with E-state index in [1.807, 2.05) is 30.3 Å². The van der Waals surface area contributed by atoms with E-state index in [1.54, 1.807) is 7.11 Å². The Bertz CT molecular complexity index is 923. The van der Waals surface area contributed by atoms with Crippen LogP contribution in [0.25, 0.3) is 11.3 Å². The number of rotatable bonds is 4. The smallest absolute Gasteiger partial charge is 0.142 e. The predicted molar refractivity (Wildman–Crippen MR) is 112 cm³/mol. The number of aromatic amines is 1. The largest absolute Gasteiger partial charge is 0.495 e. The summed E-state index contributed by atoms with van der Waals surface area (Å²) in [5.41, 5.74) is 4.57. The molecule has 0 bridgehead atoms. The van der Waals surface area contributed by atoms with Gasteiger partial charge in [0.05, 0.1) is 18.8 Å². The summed E-state index contributed by atoms with van der Waals surface area (Å²) in [7, 11) is 3.92. The maximum Gasteiger partial charge on any atom is 0.142 e. The Morgan fingerprint density at radius 1 is 1.04 bits per heavy atom. The van der Waals surface area contributed by atoms with E-state index in [0.717, 1.165) is 47.4 Å². The van der Waals surface area contributed by atoms with Gasteiger partial charge in [0.1, 0.15) is 5.75 Å². The summed E-state index contributed by atoms with van der Waals surface area (Å²) in [5.74, 6) is 0.923. The second-order valence-electron chi connectivity index (χ2n) is 6.95. The van der Waals surface area contributed by atoms with Crippen molar-refractivity contribution < 1.29 is 4.74 Å². The van der Waals surface area contributed by atoms with Gasteiger partial charge < -0.3 is 14.6 Å². The zero-order chi connectivity index (χ0) is 18.8. The quantitative estimate of drug-likeness (QED) is 0.701. The number of benzene rings is 2. The van der Waals surface area contributed by atoms with E-state index < -0.39 is 0 Å². The molecule has 1 unspecified atom stereocenters. The Balaban J connectivity index is 1.59. The first-order valence-electron chi connectivity index (χ1n) is 9.19. The number of methoxy groups -OCH3 is 1. The highest BCUT2D eigenvalue weighted by molar-refractivity contribution is 6.30. The molecule has 0 amide bonds. The molecule has 1 N–H and O–H groups in total. The molecule has 2 aromatic carbocycles. The van der Waals surface area contributed by atoms with Gasteiger partial charge in [0, 0.05) is 36.0 Å². The first kappa shape index (κ1) is 18.0. The number of likely N-dealkylation sites (N-methyl/N-ethyl adjacent to an activating group) is 1. The zero-order valence-corrected chi connectivity index (χ0v) is 16.4. The number of nitrogens with zero attached hydrogens (tertiary/aromatic N) is 2. The molecule has 27 heavy (non-hydrogen) atoms. The monoisotopic (exact) mass is 381 g/mol. The van der Waals surface area contributed by atoms with Gasteiger partial charge in [0.2, 0.25) is 0 Å². The van der Waals surface area contributed by atoms with Gasteiger partial charge in [-0.1, -0.05) is 35.9 Å². The summed E-state index contributed by atoms with van der Waals surface area (Å²) in [6.07, 6.45) is 0. The highest BCUT2D eigenvalue weighted by Gasteiger charge is 2.28. The fraction of sp³-hybridized carbons (Fsp3) is 0.273. The summed E-state index contributed by atoms with van der Waals surface area (Å²) in [4.78, 5) is 8.41. The number of H-pyrrole nitrogens is 1. The first-order valence-corrected chi connectivity index (χ1v) is 9.56. The van der Waals surface area contributed by atoms with Crippen molar-refractivity contribution in [1.82, 2.24) is 9.88 Å². The van der Waals surface area contributed by atoms with Gasteiger partial charge in [-0.3, -0.25) is 4.90 Å². The molecule has 140 valence electrons. The predicted octanol–water partition coefficient (Wildman–Crippen LogP) is 4.84. The molecule has 5 heteroatoms. The van der Waals surface area contributed by atoms with Crippen molar-refractivity contribution in [3.8, 4) is 17.0 Å². The third-order valence-electron chi connectivity index (χ3n) is 5.28. The minimum Gasteiger partial charge on any atom is -0.495 e. The third kappa shape index (κ3) is 3.68. The van der Waals surface area contributed by atoms with Crippen molar-refractivity contribution in [2.75, 3.05) is 38.7 Å². The number of hydrogen-bond acceptors (Lipinski definition) is 3. The van der Waals surface area contributed by atoms with E-state index in [9.17, 15) is 0 Å². The van der Waals surface area contributed by atoms with Crippen LogP contribution in [0.1, 0.15) is 11.7 Å². The zero-order valence-electron chi connectivity index (χ0n) is 15.7. The molecule has 4 nitrogen and oxygen atoms in total. The SMILES string of the molecule is COc1ccccc1N1CCN(C)C(c2ccc(-c3cccc(Cl)c3)[nH]2)C1. The van der Waals surface area contributed by atoms with Gasteiger partial charge in [-0.05, 0) is 49.0 Å². The summed E-state index contributed by atoms with van der Waals surface area (Å²) in [6, 6.07) is 20.8. The van der Waals surface area contributed by atoms with Gasteiger partial charge >= 0.3 is 0 Å². The lowest BCUT2D eigenvalue weighted by molar-refractivity contribution is 0.217. The Labute approximate surface area is 165 Å². The molecule has 0 aliphatic carbocycles. The van der Waals surface area contributed by atoms with Crippen molar-refractivity contribution in [2.24, 2.45) is 0 Å². The molecule has 3 aromatic rings. The number of nitrogens with one attached hydrogen (secondary N) is 1. The van der Waals surface area contributed by atoms with E-state index in [1.165, 1.54) is 5.69 Å². The van der Waals surface area contributed by atoms with E-state index in [2.05, 4.69) is 52.2 Å². The van der Waals surface area contributed by atoms with Crippen molar-refractivity contribution in [1.29, 1.82) is 0 Å². The van der Waals surface area contributed by atoms with Crippen LogP contribution in [0.4, 0.5) is 5.69 Å². The van der Waals surface area contributed by atoms with Crippen LogP contribution in [0.3, 0.4) is 0 Å². The van der Waals surface area contributed by atoms with Gasteiger partial charge in [0.25, 0.3) is 0 Å². The molecule has 1 aromatic heterocycles. The highest BCUT2D eigenvalue weighted by Crippen LogP contribution is 2.33. The topological polar surface area (TPSA) is 31.5 Å². The van der Waals surface area contributed by atoms with Crippen LogP contribution in [-0.4, -0.2) is 43.7 Å². The summed E-state index contributed by atoms with van der Waals surface area (Å²) < 4.78 is 5.56. The maximum absolute atomic E-state index is 6.15. The molecule has 1 fully saturated rings. The van der Waals surface area contributed by atoms with Gasteiger partial charge in [0.15, 0.2) is 0 Å². The normalized spacial score (nSPS) is 17.9.